The molecule has 0 saturated heterocycles. The molecule has 0 saturated carbocycles. The molecule has 0 aliphatic rings. The lowest BCUT2D eigenvalue weighted by atomic mass is 9.83. The molecule has 0 N–H and O–H groups in total. The van der Waals surface area contributed by atoms with E-state index in [9.17, 15) is 0 Å². The molecule has 1 heteroatoms. The van der Waals surface area contributed by atoms with Crippen LogP contribution >= 0.6 is 0 Å². The first kappa shape index (κ1) is 41.4. The Labute approximate surface area is 404 Å². The third kappa shape index (κ3) is 8.07. The molecule has 69 heavy (non-hydrogen) atoms. The normalized spacial score (nSPS) is 11.2. The Morgan fingerprint density at radius 1 is 0.203 bits per heavy atom. The lowest BCUT2D eigenvalue weighted by Crippen LogP contribution is -2.11. The van der Waals surface area contributed by atoms with Crippen LogP contribution in [0.1, 0.15) is 0 Å². The predicted molar refractivity (Wildman–Crippen MR) is 294 cm³/mol. The number of hydrogen-bond donors (Lipinski definition) is 0. The van der Waals surface area contributed by atoms with Gasteiger partial charge in [0.15, 0.2) is 0 Å². The summed E-state index contributed by atoms with van der Waals surface area (Å²) in [7, 11) is 0. The van der Waals surface area contributed by atoms with Crippen molar-refractivity contribution in [2.24, 2.45) is 0 Å². The molecule has 0 unspecified atom stereocenters. The number of fused-ring (bicyclic) bond motifs is 3. The van der Waals surface area contributed by atoms with Gasteiger partial charge in [0.05, 0.1) is 5.69 Å². The van der Waals surface area contributed by atoms with E-state index < -0.39 is 0 Å². The van der Waals surface area contributed by atoms with Gasteiger partial charge in [-0.2, -0.15) is 0 Å². The molecule has 12 rings (SSSR count). The number of nitrogens with zero attached hydrogens (tertiary/aromatic N) is 1. The smallest absolute Gasteiger partial charge is 0.0540 e. The summed E-state index contributed by atoms with van der Waals surface area (Å²) >= 11 is 0. The molecule has 0 bridgehead atoms. The van der Waals surface area contributed by atoms with E-state index in [0.717, 1.165) is 33.8 Å². The number of hydrogen-bond acceptors (Lipinski definition) is 1. The zero-order valence-corrected chi connectivity index (χ0v) is 38.1. The number of rotatable bonds is 10. The second kappa shape index (κ2) is 18.3. The topological polar surface area (TPSA) is 3.24 Å². The van der Waals surface area contributed by atoms with Crippen LogP contribution in [0.4, 0.5) is 17.1 Å². The van der Waals surface area contributed by atoms with Gasteiger partial charge >= 0.3 is 0 Å². The number of benzene rings is 12. The van der Waals surface area contributed by atoms with E-state index in [1.165, 1.54) is 82.7 Å². The Hall–Kier alpha value is -9.04. The van der Waals surface area contributed by atoms with E-state index in [-0.39, 0.29) is 0 Å². The summed E-state index contributed by atoms with van der Waals surface area (Å²) in [4.78, 5) is 2.43. The van der Waals surface area contributed by atoms with Crippen LogP contribution in [0.2, 0.25) is 0 Å². The lowest BCUT2D eigenvalue weighted by Gasteiger charge is -2.29. The van der Waals surface area contributed by atoms with Gasteiger partial charge in [0, 0.05) is 16.9 Å². The Bertz CT molecular complexity index is 3650. The molecular formula is C68H47N. The van der Waals surface area contributed by atoms with Crippen molar-refractivity contribution in [2.45, 2.75) is 0 Å². The van der Waals surface area contributed by atoms with Crippen LogP contribution in [0.15, 0.2) is 285 Å². The van der Waals surface area contributed by atoms with Crippen LogP contribution < -0.4 is 4.90 Å². The van der Waals surface area contributed by atoms with Gasteiger partial charge in [-0.3, -0.25) is 0 Å². The van der Waals surface area contributed by atoms with Gasteiger partial charge in [-0.25, -0.2) is 0 Å². The van der Waals surface area contributed by atoms with Crippen molar-refractivity contribution >= 4 is 38.6 Å². The average molecular weight is 878 g/mol. The summed E-state index contributed by atoms with van der Waals surface area (Å²) in [6.07, 6.45) is 0. The van der Waals surface area contributed by atoms with Gasteiger partial charge < -0.3 is 4.90 Å². The van der Waals surface area contributed by atoms with E-state index >= 15 is 0 Å². The summed E-state index contributed by atoms with van der Waals surface area (Å²) in [5.41, 5.74) is 19.7. The van der Waals surface area contributed by atoms with Crippen LogP contribution in [0.5, 0.6) is 0 Å². The fourth-order valence-electron chi connectivity index (χ4n) is 10.1. The van der Waals surface area contributed by atoms with Crippen molar-refractivity contribution in [1.82, 2.24) is 0 Å². The molecule has 324 valence electrons. The predicted octanol–water partition coefficient (Wildman–Crippen LogP) is 19.1. The fraction of sp³-hybridized carbons (Fsp3) is 0. The highest BCUT2D eigenvalue weighted by Gasteiger charge is 2.23. The maximum atomic E-state index is 2.43. The molecule has 0 aliphatic carbocycles. The molecule has 1 nitrogen and oxygen atoms in total. The zero-order valence-electron chi connectivity index (χ0n) is 38.1. The molecule has 0 atom stereocenters. The van der Waals surface area contributed by atoms with Crippen molar-refractivity contribution in [3.8, 4) is 77.9 Å². The standard InChI is InChI=1S/C68H47N/c1-6-20-48(21-7-1)50-34-39-58(40-35-50)69(59-41-36-54(37-42-59)63-44-55-30-16-17-31-60(55)61-32-18-19-33-62(61)63)67-43-38-56(45-64(67)51-24-10-3-11-25-51)68-65(52-26-12-4-13-27-52)46-57(49-22-8-2-9-23-49)47-66(68)53-28-14-5-15-29-53/h1-47H. The van der Waals surface area contributed by atoms with Crippen LogP contribution in [0.25, 0.3) is 99.4 Å². The van der Waals surface area contributed by atoms with Crippen LogP contribution in [0.3, 0.4) is 0 Å². The van der Waals surface area contributed by atoms with Gasteiger partial charge in [0.25, 0.3) is 0 Å². The quantitative estimate of drug-likeness (QED) is 0.124. The molecular weight excluding hydrogens is 831 g/mol. The fourth-order valence-corrected chi connectivity index (χ4v) is 10.1. The molecule has 12 aromatic carbocycles. The van der Waals surface area contributed by atoms with E-state index in [1.54, 1.807) is 0 Å². The maximum absolute atomic E-state index is 2.43. The van der Waals surface area contributed by atoms with E-state index in [1.807, 2.05) is 0 Å². The Balaban J connectivity index is 1.07. The third-order valence-corrected chi connectivity index (χ3v) is 13.5. The molecule has 12 aromatic rings. The van der Waals surface area contributed by atoms with Gasteiger partial charge in [0.2, 0.25) is 0 Å². The van der Waals surface area contributed by atoms with E-state index in [4.69, 9.17) is 0 Å². The Kier molecular flexibility index (Phi) is 11.0. The molecule has 0 heterocycles. The maximum Gasteiger partial charge on any atom is 0.0540 e. The summed E-state index contributed by atoms with van der Waals surface area (Å²) in [6.45, 7) is 0. The number of anilines is 3. The largest absolute Gasteiger partial charge is 0.310 e. The van der Waals surface area contributed by atoms with Crippen LogP contribution in [0, 0.1) is 0 Å². The van der Waals surface area contributed by atoms with Crippen LogP contribution in [-0.2, 0) is 0 Å². The van der Waals surface area contributed by atoms with Crippen molar-refractivity contribution in [3.63, 3.8) is 0 Å². The summed E-state index contributed by atoms with van der Waals surface area (Å²) in [5.74, 6) is 0. The SMILES string of the molecule is c1ccc(-c2ccc(N(c3ccc(-c4cc5ccccc5c5ccccc45)cc3)c3ccc(-c4c(-c5ccccc5)cc(-c5ccccc5)cc4-c4ccccc4)cc3-c3ccccc3)cc2)cc1. The summed E-state index contributed by atoms with van der Waals surface area (Å²) in [6, 6.07) is 104. The first-order chi connectivity index (χ1) is 34.2. The highest BCUT2D eigenvalue weighted by atomic mass is 15.1. The Morgan fingerprint density at radius 2 is 0.565 bits per heavy atom. The lowest BCUT2D eigenvalue weighted by molar-refractivity contribution is 1.28. The zero-order chi connectivity index (χ0) is 45.9. The molecule has 0 amide bonds. The molecule has 0 spiro atoms. The molecule has 0 fully saturated rings. The minimum atomic E-state index is 1.07. The second-order valence-corrected chi connectivity index (χ2v) is 17.6. The Morgan fingerprint density at radius 3 is 1.10 bits per heavy atom. The van der Waals surface area contributed by atoms with Crippen LogP contribution in [-0.4, -0.2) is 0 Å². The summed E-state index contributed by atoms with van der Waals surface area (Å²) in [5, 5.41) is 5.03. The van der Waals surface area contributed by atoms with Gasteiger partial charge in [-0.1, -0.05) is 231 Å². The minimum absolute atomic E-state index is 1.07. The highest BCUT2D eigenvalue weighted by molar-refractivity contribution is 6.14. The van der Waals surface area contributed by atoms with Gasteiger partial charge in [-0.15, -0.1) is 0 Å². The minimum Gasteiger partial charge on any atom is -0.310 e. The highest BCUT2D eigenvalue weighted by Crippen LogP contribution is 2.48. The van der Waals surface area contributed by atoms with Crippen molar-refractivity contribution in [2.75, 3.05) is 4.90 Å². The second-order valence-electron chi connectivity index (χ2n) is 17.6. The summed E-state index contributed by atoms with van der Waals surface area (Å²) < 4.78 is 0. The molecule has 0 radical (unpaired) electrons. The van der Waals surface area contributed by atoms with Crippen molar-refractivity contribution < 1.29 is 0 Å². The van der Waals surface area contributed by atoms with Gasteiger partial charge in [-0.05, 0) is 148 Å². The average Bonchev–Trinajstić information content (AvgIpc) is 3.44. The van der Waals surface area contributed by atoms with E-state index in [0.29, 0.717) is 0 Å². The van der Waals surface area contributed by atoms with Crippen molar-refractivity contribution in [1.29, 1.82) is 0 Å². The molecule has 0 aromatic heterocycles. The molecule has 0 aliphatic heterocycles. The van der Waals surface area contributed by atoms with Crippen molar-refractivity contribution in [3.05, 3.63) is 285 Å². The first-order valence-corrected chi connectivity index (χ1v) is 23.7. The first-order valence-electron chi connectivity index (χ1n) is 23.7. The van der Waals surface area contributed by atoms with Gasteiger partial charge in [0.1, 0.15) is 0 Å². The van der Waals surface area contributed by atoms with E-state index in [2.05, 4.69) is 290 Å². The monoisotopic (exact) mass is 877 g/mol. The third-order valence-electron chi connectivity index (χ3n) is 13.5.